The van der Waals surface area contributed by atoms with Gasteiger partial charge in [-0.2, -0.15) is 0 Å². The largest absolute Gasteiger partial charge is 0.475 e. The Morgan fingerprint density at radius 2 is 2.05 bits per heavy atom. The standard InChI is InChI=1S/C15H24N2O3/c1-11-12(8-13(20-11)14(18)19)9-17(4)10-15(16(2)3)6-5-7-15/h8H,5-7,9-10H2,1-4H3,(H,18,19). The van der Waals surface area contributed by atoms with Crippen LogP contribution in [0.2, 0.25) is 0 Å². The minimum atomic E-state index is -1.01. The van der Waals surface area contributed by atoms with Crippen molar-refractivity contribution in [2.75, 3.05) is 27.7 Å². The second-order valence-electron chi connectivity index (χ2n) is 6.14. The summed E-state index contributed by atoms with van der Waals surface area (Å²) < 4.78 is 5.26. The number of aromatic carboxylic acids is 1. The van der Waals surface area contributed by atoms with E-state index >= 15 is 0 Å². The topological polar surface area (TPSA) is 56.9 Å². The summed E-state index contributed by atoms with van der Waals surface area (Å²) in [5, 5.41) is 8.95. The molecule has 5 nitrogen and oxygen atoms in total. The van der Waals surface area contributed by atoms with Crippen molar-refractivity contribution >= 4 is 5.97 Å². The van der Waals surface area contributed by atoms with Gasteiger partial charge in [-0.05, 0) is 53.4 Å². The van der Waals surface area contributed by atoms with Gasteiger partial charge in [-0.25, -0.2) is 4.79 Å². The molecule has 1 aromatic rings. The Hall–Kier alpha value is -1.33. The molecule has 1 fully saturated rings. The van der Waals surface area contributed by atoms with Crippen LogP contribution >= 0.6 is 0 Å². The van der Waals surface area contributed by atoms with Crippen molar-refractivity contribution in [3.05, 3.63) is 23.2 Å². The predicted molar refractivity (Wildman–Crippen MR) is 77.0 cm³/mol. The first-order chi connectivity index (χ1) is 9.34. The number of carboxylic acids is 1. The van der Waals surface area contributed by atoms with Crippen molar-refractivity contribution in [1.82, 2.24) is 9.80 Å². The summed E-state index contributed by atoms with van der Waals surface area (Å²) in [7, 11) is 6.35. The number of furan rings is 1. The summed E-state index contributed by atoms with van der Waals surface area (Å²) in [6.45, 7) is 3.53. The van der Waals surface area contributed by atoms with Crippen LogP contribution in [0, 0.1) is 6.92 Å². The first-order valence-electron chi connectivity index (χ1n) is 7.03. The lowest BCUT2D eigenvalue weighted by Gasteiger charge is -2.49. The second-order valence-corrected chi connectivity index (χ2v) is 6.14. The molecule has 1 aliphatic carbocycles. The molecule has 112 valence electrons. The maximum absolute atomic E-state index is 10.9. The molecule has 0 unspecified atom stereocenters. The molecule has 0 amide bonds. The van der Waals surface area contributed by atoms with E-state index in [9.17, 15) is 4.79 Å². The van der Waals surface area contributed by atoms with Gasteiger partial charge in [0.2, 0.25) is 5.76 Å². The van der Waals surface area contributed by atoms with Gasteiger partial charge < -0.3 is 19.3 Å². The normalized spacial score (nSPS) is 17.5. The first kappa shape index (κ1) is 15.1. The zero-order valence-electron chi connectivity index (χ0n) is 12.8. The molecule has 1 aromatic heterocycles. The number of carboxylic acid groups (broad SMARTS) is 1. The maximum Gasteiger partial charge on any atom is 0.371 e. The molecule has 0 bridgehead atoms. The van der Waals surface area contributed by atoms with Crippen molar-refractivity contribution in [2.24, 2.45) is 0 Å². The molecule has 20 heavy (non-hydrogen) atoms. The van der Waals surface area contributed by atoms with Gasteiger partial charge in [0, 0.05) is 24.2 Å². The lowest BCUT2D eigenvalue weighted by molar-refractivity contribution is 0.0258. The molecule has 1 saturated carbocycles. The van der Waals surface area contributed by atoms with Gasteiger partial charge in [0.25, 0.3) is 0 Å². The lowest BCUT2D eigenvalue weighted by atomic mass is 9.75. The smallest absolute Gasteiger partial charge is 0.371 e. The Balaban J connectivity index is 2.01. The number of rotatable bonds is 6. The number of hydrogen-bond acceptors (Lipinski definition) is 4. The third kappa shape index (κ3) is 2.88. The van der Waals surface area contributed by atoms with Crippen molar-refractivity contribution in [2.45, 2.75) is 38.3 Å². The van der Waals surface area contributed by atoms with Crippen LogP contribution in [0.5, 0.6) is 0 Å². The van der Waals surface area contributed by atoms with Gasteiger partial charge in [0.1, 0.15) is 5.76 Å². The molecule has 0 saturated heterocycles. The molecule has 1 heterocycles. The Labute approximate surface area is 120 Å². The van der Waals surface area contributed by atoms with Crippen LogP contribution in [0.15, 0.2) is 10.5 Å². The summed E-state index contributed by atoms with van der Waals surface area (Å²) in [5.41, 5.74) is 1.24. The van der Waals surface area contributed by atoms with E-state index in [-0.39, 0.29) is 11.3 Å². The van der Waals surface area contributed by atoms with Gasteiger partial charge in [0.05, 0.1) is 0 Å². The van der Waals surface area contributed by atoms with Crippen LogP contribution in [0.3, 0.4) is 0 Å². The third-order valence-corrected chi connectivity index (χ3v) is 4.47. The number of aryl methyl sites for hydroxylation is 1. The van der Waals surface area contributed by atoms with Crippen LogP contribution < -0.4 is 0 Å². The van der Waals surface area contributed by atoms with Gasteiger partial charge in [-0.1, -0.05) is 0 Å². The Morgan fingerprint density at radius 1 is 1.40 bits per heavy atom. The van der Waals surface area contributed by atoms with Crippen molar-refractivity contribution in [3.8, 4) is 0 Å². The highest BCUT2D eigenvalue weighted by Crippen LogP contribution is 2.36. The third-order valence-electron chi connectivity index (χ3n) is 4.47. The fourth-order valence-electron chi connectivity index (χ4n) is 2.96. The Bertz CT molecular complexity index is 489. The van der Waals surface area contributed by atoms with Gasteiger partial charge >= 0.3 is 5.97 Å². The first-order valence-corrected chi connectivity index (χ1v) is 7.03. The average Bonchev–Trinajstić information content (AvgIpc) is 2.65. The Kier molecular flexibility index (Phi) is 4.20. The number of nitrogens with zero attached hydrogens (tertiary/aromatic N) is 2. The van der Waals surface area contributed by atoms with Crippen LogP contribution in [-0.4, -0.2) is 54.1 Å². The number of likely N-dealkylation sites (N-methyl/N-ethyl adjacent to an activating group) is 2. The molecular weight excluding hydrogens is 256 g/mol. The summed E-state index contributed by atoms with van der Waals surface area (Å²) in [6.07, 6.45) is 3.75. The molecule has 1 aliphatic rings. The van der Waals surface area contributed by atoms with E-state index in [4.69, 9.17) is 9.52 Å². The maximum atomic E-state index is 10.9. The van der Waals surface area contributed by atoms with Gasteiger partial charge in [0.15, 0.2) is 0 Å². The summed E-state index contributed by atoms with van der Waals surface area (Å²) in [6, 6.07) is 1.64. The van der Waals surface area contributed by atoms with Crippen molar-refractivity contribution < 1.29 is 14.3 Å². The molecule has 0 atom stereocenters. The van der Waals surface area contributed by atoms with Crippen molar-refractivity contribution in [3.63, 3.8) is 0 Å². The molecule has 0 aliphatic heterocycles. The van der Waals surface area contributed by atoms with Crippen LogP contribution in [0.25, 0.3) is 0 Å². The molecule has 0 aromatic carbocycles. The zero-order valence-corrected chi connectivity index (χ0v) is 12.8. The number of carbonyl (C=O) groups is 1. The highest BCUT2D eigenvalue weighted by Gasteiger charge is 2.39. The fraction of sp³-hybridized carbons (Fsp3) is 0.667. The SMILES string of the molecule is Cc1oc(C(=O)O)cc1CN(C)CC1(N(C)C)CCC1. The monoisotopic (exact) mass is 280 g/mol. The second kappa shape index (κ2) is 5.58. The van der Waals surface area contributed by atoms with E-state index in [0.29, 0.717) is 5.76 Å². The summed E-state index contributed by atoms with van der Waals surface area (Å²) >= 11 is 0. The number of hydrogen-bond donors (Lipinski definition) is 1. The average molecular weight is 280 g/mol. The van der Waals surface area contributed by atoms with Crippen LogP contribution in [-0.2, 0) is 6.54 Å². The van der Waals surface area contributed by atoms with Crippen molar-refractivity contribution in [1.29, 1.82) is 0 Å². The van der Waals surface area contributed by atoms with Crippen LogP contribution in [0.4, 0.5) is 0 Å². The molecular formula is C15H24N2O3. The van der Waals surface area contributed by atoms with Crippen LogP contribution in [0.1, 0.15) is 41.1 Å². The van der Waals surface area contributed by atoms with Gasteiger partial charge in [-0.15, -0.1) is 0 Å². The zero-order chi connectivity index (χ0) is 14.9. The molecule has 0 spiro atoms. The highest BCUT2D eigenvalue weighted by molar-refractivity contribution is 5.84. The van der Waals surface area contributed by atoms with E-state index in [0.717, 1.165) is 18.7 Å². The molecule has 2 rings (SSSR count). The van der Waals surface area contributed by atoms with E-state index in [1.54, 1.807) is 6.07 Å². The van der Waals surface area contributed by atoms with Gasteiger partial charge in [-0.3, -0.25) is 0 Å². The van der Waals surface area contributed by atoms with E-state index in [2.05, 4.69) is 30.9 Å². The summed E-state index contributed by atoms with van der Waals surface area (Å²) in [4.78, 5) is 15.5. The lowest BCUT2D eigenvalue weighted by Crippen LogP contribution is -2.56. The van der Waals surface area contributed by atoms with E-state index in [1.165, 1.54) is 19.3 Å². The molecule has 5 heteroatoms. The molecule has 1 N–H and O–H groups in total. The highest BCUT2D eigenvalue weighted by atomic mass is 16.4. The minimum Gasteiger partial charge on any atom is -0.475 e. The Morgan fingerprint density at radius 3 is 2.45 bits per heavy atom. The molecule has 0 radical (unpaired) electrons. The predicted octanol–water partition coefficient (Wildman–Crippen LogP) is 2.20. The van der Waals surface area contributed by atoms with E-state index in [1.807, 2.05) is 6.92 Å². The fourth-order valence-corrected chi connectivity index (χ4v) is 2.96. The minimum absolute atomic E-state index is 0.0249. The quantitative estimate of drug-likeness (QED) is 0.865. The summed E-state index contributed by atoms with van der Waals surface area (Å²) in [5.74, 6) is -0.288. The van der Waals surface area contributed by atoms with E-state index < -0.39 is 5.97 Å².